The Morgan fingerprint density at radius 3 is 2.68 bits per heavy atom. The quantitative estimate of drug-likeness (QED) is 0.918. The minimum atomic E-state index is -0.251. The maximum atomic E-state index is 14.1. The first-order valence-electron chi connectivity index (χ1n) is 6.28. The molecule has 4 heteroatoms. The van der Waals surface area contributed by atoms with Gasteiger partial charge in [-0.05, 0) is 31.5 Å². The fraction of sp³-hybridized carbons (Fsp3) is 0.333. The van der Waals surface area contributed by atoms with Gasteiger partial charge in [0.25, 0.3) is 0 Å². The number of para-hydroxylation sites is 1. The smallest absolute Gasteiger partial charge is 0.146 e. The van der Waals surface area contributed by atoms with E-state index in [0.717, 1.165) is 16.9 Å². The van der Waals surface area contributed by atoms with E-state index in [9.17, 15) is 4.39 Å². The average molecular weight is 262 g/mol. The molecule has 1 heterocycles. The molecule has 1 aromatic carbocycles. The molecule has 0 saturated carbocycles. The summed E-state index contributed by atoms with van der Waals surface area (Å²) in [5.41, 5.74) is 8.32. The zero-order chi connectivity index (χ0) is 14.0. The van der Waals surface area contributed by atoms with E-state index in [-0.39, 0.29) is 11.9 Å². The largest absolute Gasteiger partial charge is 0.469 e. The molecule has 0 amide bonds. The Balaban J connectivity index is 2.33. The molecule has 2 rings (SSSR count). The lowest BCUT2D eigenvalue weighted by Gasteiger charge is -2.24. The summed E-state index contributed by atoms with van der Waals surface area (Å²) in [4.78, 5) is 1.87. The van der Waals surface area contributed by atoms with Gasteiger partial charge >= 0.3 is 0 Å². The van der Waals surface area contributed by atoms with Crippen LogP contribution in [0, 0.1) is 12.7 Å². The fourth-order valence-electron chi connectivity index (χ4n) is 2.21. The van der Waals surface area contributed by atoms with Crippen LogP contribution in [-0.4, -0.2) is 7.05 Å². The summed E-state index contributed by atoms with van der Waals surface area (Å²) in [5, 5.41) is 0. The number of nitrogens with zero attached hydrogens (tertiary/aromatic N) is 1. The van der Waals surface area contributed by atoms with Gasteiger partial charge in [-0.15, -0.1) is 0 Å². The number of halogens is 1. The van der Waals surface area contributed by atoms with Crippen molar-refractivity contribution in [1.82, 2.24) is 0 Å². The second kappa shape index (κ2) is 5.45. The first-order valence-corrected chi connectivity index (χ1v) is 6.28. The summed E-state index contributed by atoms with van der Waals surface area (Å²) in [5.74, 6) is 0.601. The third kappa shape index (κ3) is 2.79. The topological polar surface area (TPSA) is 42.4 Å². The lowest BCUT2D eigenvalue weighted by molar-refractivity contribution is 0.529. The summed E-state index contributed by atoms with van der Waals surface area (Å²) in [6.45, 7) is 4.34. The van der Waals surface area contributed by atoms with Gasteiger partial charge in [0.1, 0.15) is 11.6 Å². The number of benzene rings is 1. The monoisotopic (exact) mass is 262 g/mol. The van der Waals surface area contributed by atoms with Gasteiger partial charge in [-0.2, -0.15) is 0 Å². The summed E-state index contributed by atoms with van der Waals surface area (Å²) >= 11 is 0. The Morgan fingerprint density at radius 1 is 1.37 bits per heavy atom. The normalized spacial score (nSPS) is 12.5. The first kappa shape index (κ1) is 13.6. The van der Waals surface area contributed by atoms with Crippen LogP contribution in [0.5, 0.6) is 0 Å². The van der Waals surface area contributed by atoms with Crippen molar-refractivity contribution in [2.24, 2.45) is 5.73 Å². The van der Waals surface area contributed by atoms with Crippen LogP contribution in [0.3, 0.4) is 0 Å². The SMILES string of the molecule is Cc1occc1CN(C)c1c(F)cccc1[C@@H](C)N. The van der Waals surface area contributed by atoms with Crippen molar-refractivity contribution in [3.8, 4) is 0 Å². The van der Waals surface area contributed by atoms with Crippen molar-refractivity contribution < 1.29 is 8.81 Å². The second-order valence-electron chi connectivity index (χ2n) is 4.82. The highest BCUT2D eigenvalue weighted by Gasteiger charge is 2.16. The molecule has 3 nitrogen and oxygen atoms in total. The van der Waals surface area contributed by atoms with E-state index in [1.165, 1.54) is 6.07 Å². The molecule has 1 atom stereocenters. The van der Waals surface area contributed by atoms with Gasteiger partial charge < -0.3 is 15.1 Å². The third-order valence-electron chi connectivity index (χ3n) is 3.26. The number of aryl methyl sites for hydroxylation is 1. The molecular formula is C15H19FN2O. The average Bonchev–Trinajstić information content (AvgIpc) is 2.74. The Hall–Kier alpha value is -1.81. The molecule has 0 radical (unpaired) electrons. The molecule has 0 aliphatic rings. The molecular weight excluding hydrogens is 243 g/mol. The summed E-state index contributed by atoms with van der Waals surface area (Å²) in [6, 6.07) is 6.70. The molecule has 102 valence electrons. The molecule has 0 bridgehead atoms. The van der Waals surface area contributed by atoms with Crippen LogP contribution < -0.4 is 10.6 Å². The number of anilines is 1. The Labute approximate surface area is 112 Å². The predicted molar refractivity (Wildman–Crippen MR) is 74.6 cm³/mol. The van der Waals surface area contributed by atoms with Crippen LogP contribution in [0.15, 0.2) is 34.9 Å². The van der Waals surface area contributed by atoms with Crippen molar-refractivity contribution in [2.75, 3.05) is 11.9 Å². The molecule has 0 fully saturated rings. The van der Waals surface area contributed by atoms with Crippen LogP contribution in [0.2, 0.25) is 0 Å². The van der Waals surface area contributed by atoms with Crippen molar-refractivity contribution in [2.45, 2.75) is 26.4 Å². The molecule has 1 aromatic heterocycles. The van der Waals surface area contributed by atoms with Crippen molar-refractivity contribution in [3.63, 3.8) is 0 Å². The van der Waals surface area contributed by atoms with Crippen LogP contribution in [0.4, 0.5) is 10.1 Å². The van der Waals surface area contributed by atoms with E-state index >= 15 is 0 Å². The van der Waals surface area contributed by atoms with E-state index < -0.39 is 0 Å². The van der Waals surface area contributed by atoms with E-state index in [2.05, 4.69) is 0 Å². The zero-order valence-electron chi connectivity index (χ0n) is 11.5. The van der Waals surface area contributed by atoms with Crippen molar-refractivity contribution in [1.29, 1.82) is 0 Å². The van der Waals surface area contributed by atoms with E-state index in [1.807, 2.05) is 37.9 Å². The number of nitrogens with two attached hydrogens (primary N) is 1. The fourth-order valence-corrected chi connectivity index (χ4v) is 2.21. The van der Waals surface area contributed by atoms with Gasteiger partial charge in [0.15, 0.2) is 0 Å². The van der Waals surface area contributed by atoms with Crippen LogP contribution >= 0.6 is 0 Å². The Bertz CT molecular complexity index is 563. The second-order valence-corrected chi connectivity index (χ2v) is 4.82. The van der Waals surface area contributed by atoms with E-state index in [1.54, 1.807) is 12.3 Å². The summed E-state index contributed by atoms with van der Waals surface area (Å²) < 4.78 is 19.3. The highest BCUT2D eigenvalue weighted by molar-refractivity contribution is 5.56. The molecule has 0 saturated heterocycles. The molecule has 2 aromatic rings. The number of furan rings is 1. The predicted octanol–water partition coefficient (Wildman–Crippen LogP) is 3.38. The van der Waals surface area contributed by atoms with E-state index in [4.69, 9.17) is 10.2 Å². The lowest BCUT2D eigenvalue weighted by atomic mass is 10.1. The van der Waals surface area contributed by atoms with Crippen LogP contribution in [-0.2, 0) is 6.54 Å². The maximum absolute atomic E-state index is 14.1. The number of rotatable bonds is 4. The van der Waals surface area contributed by atoms with Gasteiger partial charge in [0, 0.05) is 25.2 Å². The minimum absolute atomic E-state index is 0.210. The first-order chi connectivity index (χ1) is 9.00. The molecule has 0 spiro atoms. The maximum Gasteiger partial charge on any atom is 0.146 e. The standard InChI is InChI=1S/C15H19FN2O/c1-10(17)13-5-4-6-14(16)15(13)18(3)9-12-7-8-19-11(12)2/h4-8,10H,9,17H2,1-3H3/t10-/m1/s1. The number of hydrogen-bond acceptors (Lipinski definition) is 3. The van der Waals surface area contributed by atoms with Gasteiger partial charge in [0.05, 0.1) is 12.0 Å². The van der Waals surface area contributed by atoms with Gasteiger partial charge in [-0.1, -0.05) is 12.1 Å². The highest BCUT2D eigenvalue weighted by atomic mass is 19.1. The lowest BCUT2D eigenvalue weighted by Crippen LogP contribution is -2.21. The van der Waals surface area contributed by atoms with Crippen LogP contribution in [0.25, 0.3) is 0 Å². The zero-order valence-corrected chi connectivity index (χ0v) is 11.5. The molecule has 2 N–H and O–H groups in total. The molecule has 19 heavy (non-hydrogen) atoms. The Kier molecular flexibility index (Phi) is 3.90. The highest BCUT2D eigenvalue weighted by Crippen LogP contribution is 2.29. The third-order valence-corrected chi connectivity index (χ3v) is 3.26. The van der Waals surface area contributed by atoms with Crippen molar-refractivity contribution in [3.05, 3.63) is 53.2 Å². The minimum Gasteiger partial charge on any atom is -0.469 e. The summed E-state index contributed by atoms with van der Waals surface area (Å²) in [7, 11) is 1.86. The van der Waals surface area contributed by atoms with Gasteiger partial charge in [-0.25, -0.2) is 4.39 Å². The van der Waals surface area contributed by atoms with Crippen molar-refractivity contribution >= 4 is 5.69 Å². The van der Waals surface area contributed by atoms with E-state index in [0.29, 0.717) is 12.2 Å². The summed E-state index contributed by atoms with van der Waals surface area (Å²) in [6.07, 6.45) is 1.65. The molecule has 0 aliphatic carbocycles. The van der Waals surface area contributed by atoms with Gasteiger partial charge in [-0.3, -0.25) is 0 Å². The molecule has 0 aliphatic heterocycles. The van der Waals surface area contributed by atoms with Gasteiger partial charge in [0.2, 0.25) is 0 Å². The number of hydrogen-bond donors (Lipinski definition) is 1. The van der Waals surface area contributed by atoms with Crippen LogP contribution in [0.1, 0.15) is 29.9 Å². The molecule has 0 unspecified atom stereocenters. The Morgan fingerprint density at radius 2 is 2.11 bits per heavy atom.